The highest BCUT2D eigenvalue weighted by atomic mass is 79.9. The average molecular weight is 255 g/mol. The number of aromatic amines is 1. The van der Waals surface area contributed by atoms with Crippen LogP contribution in [-0.2, 0) is 0 Å². The summed E-state index contributed by atoms with van der Waals surface area (Å²) in [4.78, 5) is 18.2. The van der Waals surface area contributed by atoms with Gasteiger partial charge < -0.3 is 9.40 Å². The Labute approximate surface area is 88.1 Å². The minimum Gasteiger partial charge on any atom is -0.461 e. The molecule has 0 aliphatic rings. The van der Waals surface area contributed by atoms with E-state index in [1.54, 1.807) is 19.1 Å². The van der Waals surface area contributed by atoms with E-state index < -0.39 is 0 Å². The van der Waals surface area contributed by atoms with Crippen LogP contribution in [0.3, 0.4) is 0 Å². The van der Waals surface area contributed by atoms with Gasteiger partial charge in [0.2, 0.25) is 0 Å². The minimum atomic E-state index is -0.205. The first-order valence-electron chi connectivity index (χ1n) is 3.99. The van der Waals surface area contributed by atoms with Crippen molar-refractivity contribution in [1.82, 2.24) is 9.97 Å². The predicted octanol–water partition coefficient (Wildman–Crippen LogP) is 2.10. The zero-order valence-corrected chi connectivity index (χ0v) is 8.96. The summed E-state index contributed by atoms with van der Waals surface area (Å²) < 4.78 is 5.57. The lowest BCUT2D eigenvalue weighted by Crippen LogP contribution is -2.11. The molecule has 0 fully saturated rings. The lowest BCUT2D eigenvalue weighted by Gasteiger charge is -1.99. The zero-order valence-electron chi connectivity index (χ0n) is 7.37. The van der Waals surface area contributed by atoms with Crippen molar-refractivity contribution in [3.63, 3.8) is 0 Å². The van der Waals surface area contributed by atoms with Gasteiger partial charge in [0.15, 0.2) is 11.6 Å². The van der Waals surface area contributed by atoms with E-state index in [2.05, 4.69) is 25.9 Å². The molecule has 72 valence electrons. The summed E-state index contributed by atoms with van der Waals surface area (Å²) in [6.07, 6.45) is 1.53. The van der Waals surface area contributed by atoms with Gasteiger partial charge in [-0.1, -0.05) is 0 Å². The largest absolute Gasteiger partial charge is 0.461 e. The van der Waals surface area contributed by atoms with Crippen LogP contribution in [0.15, 0.2) is 32.1 Å². The molecule has 2 heterocycles. The molecule has 4 nitrogen and oxygen atoms in total. The van der Waals surface area contributed by atoms with Crippen LogP contribution in [0.1, 0.15) is 5.69 Å². The predicted molar refractivity (Wildman–Crippen MR) is 55.0 cm³/mol. The van der Waals surface area contributed by atoms with Crippen LogP contribution in [0.2, 0.25) is 0 Å². The van der Waals surface area contributed by atoms with Crippen LogP contribution >= 0.6 is 15.9 Å². The van der Waals surface area contributed by atoms with E-state index in [1.807, 2.05) is 0 Å². The van der Waals surface area contributed by atoms with Crippen LogP contribution in [0.5, 0.6) is 0 Å². The molecule has 0 radical (unpaired) electrons. The first kappa shape index (κ1) is 9.21. The zero-order chi connectivity index (χ0) is 10.1. The molecule has 0 aliphatic heterocycles. The molecule has 0 spiro atoms. The third-order valence-corrected chi connectivity index (χ3v) is 2.72. The SMILES string of the molecule is Cc1nc(-c2ccco2)[nH]c(=O)c1Br. The first-order valence-corrected chi connectivity index (χ1v) is 4.78. The lowest BCUT2D eigenvalue weighted by molar-refractivity contribution is 0.576. The molecule has 0 saturated carbocycles. The Hall–Kier alpha value is -1.36. The second-order valence-corrected chi connectivity index (χ2v) is 3.58. The normalized spacial score (nSPS) is 10.4. The van der Waals surface area contributed by atoms with E-state index in [0.717, 1.165) is 0 Å². The quantitative estimate of drug-likeness (QED) is 0.848. The molecule has 0 atom stereocenters. The molecule has 2 aromatic heterocycles. The third kappa shape index (κ3) is 1.50. The summed E-state index contributed by atoms with van der Waals surface area (Å²) in [5, 5.41) is 0. The van der Waals surface area contributed by atoms with Crippen molar-refractivity contribution in [1.29, 1.82) is 0 Å². The van der Waals surface area contributed by atoms with Gasteiger partial charge in [-0.2, -0.15) is 0 Å². The maximum Gasteiger partial charge on any atom is 0.265 e. The van der Waals surface area contributed by atoms with Crippen molar-refractivity contribution >= 4 is 15.9 Å². The van der Waals surface area contributed by atoms with Crippen LogP contribution < -0.4 is 5.56 Å². The smallest absolute Gasteiger partial charge is 0.265 e. The van der Waals surface area contributed by atoms with E-state index in [-0.39, 0.29) is 5.56 Å². The van der Waals surface area contributed by atoms with Crippen LogP contribution in [0.4, 0.5) is 0 Å². The van der Waals surface area contributed by atoms with Crippen LogP contribution in [-0.4, -0.2) is 9.97 Å². The lowest BCUT2D eigenvalue weighted by atomic mass is 10.4. The standard InChI is InChI=1S/C9H7BrN2O2/c1-5-7(10)9(13)12-8(11-5)6-3-2-4-14-6/h2-4H,1H3,(H,11,12,13). The summed E-state index contributed by atoms with van der Waals surface area (Å²) in [6.45, 7) is 1.76. The molecule has 0 amide bonds. The number of nitrogens with one attached hydrogen (secondary N) is 1. The summed E-state index contributed by atoms with van der Waals surface area (Å²) in [6, 6.07) is 3.48. The second-order valence-electron chi connectivity index (χ2n) is 2.79. The number of hydrogen-bond donors (Lipinski definition) is 1. The van der Waals surface area contributed by atoms with Crippen LogP contribution in [0.25, 0.3) is 11.6 Å². The Kier molecular flexibility index (Phi) is 2.25. The highest BCUT2D eigenvalue weighted by molar-refractivity contribution is 9.10. The number of nitrogens with zero attached hydrogens (tertiary/aromatic N) is 1. The Bertz CT molecular complexity index is 502. The molecule has 0 unspecified atom stereocenters. The number of aryl methyl sites for hydroxylation is 1. The first-order chi connectivity index (χ1) is 6.68. The third-order valence-electron chi connectivity index (χ3n) is 1.78. The maximum atomic E-state index is 11.4. The molecule has 2 aromatic rings. The Morgan fingerprint density at radius 1 is 1.57 bits per heavy atom. The van der Waals surface area contributed by atoms with E-state index in [1.165, 1.54) is 6.26 Å². The molecule has 0 aliphatic carbocycles. The molecule has 0 saturated heterocycles. The Morgan fingerprint density at radius 3 is 2.93 bits per heavy atom. The van der Waals surface area contributed by atoms with E-state index >= 15 is 0 Å². The molecule has 0 bridgehead atoms. The highest BCUT2D eigenvalue weighted by Crippen LogP contribution is 2.16. The molecule has 2 rings (SSSR count). The number of furan rings is 1. The number of aromatic nitrogens is 2. The van der Waals surface area contributed by atoms with Crippen molar-refractivity contribution < 1.29 is 4.42 Å². The number of H-pyrrole nitrogens is 1. The second kappa shape index (κ2) is 3.42. The monoisotopic (exact) mass is 254 g/mol. The van der Waals surface area contributed by atoms with Gasteiger partial charge in [0.05, 0.1) is 12.0 Å². The van der Waals surface area contributed by atoms with E-state index in [9.17, 15) is 4.79 Å². The van der Waals surface area contributed by atoms with Gasteiger partial charge in [-0.3, -0.25) is 4.79 Å². The molecule has 1 N–H and O–H groups in total. The van der Waals surface area contributed by atoms with Gasteiger partial charge in [-0.25, -0.2) is 4.98 Å². The van der Waals surface area contributed by atoms with E-state index in [4.69, 9.17) is 4.42 Å². The molecule has 14 heavy (non-hydrogen) atoms. The fraction of sp³-hybridized carbons (Fsp3) is 0.111. The van der Waals surface area contributed by atoms with Gasteiger partial charge >= 0.3 is 0 Å². The molecular formula is C9H7BrN2O2. The topological polar surface area (TPSA) is 58.9 Å². The fourth-order valence-electron chi connectivity index (χ4n) is 1.10. The Balaban J connectivity index is 2.63. The molecular weight excluding hydrogens is 248 g/mol. The van der Waals surface area contributed by atoms with Crippen molar-refractivity contribution in [2.75, 3.05) is 0 Å². The van der Waals surface area contributed by atoms with Gasteiger partial charge in [0.1, 0.15) is 4.47 Å². The Morgan fingerprint density at radius 2 is 2.36 bits per heavy atom. The summed E-state index contributed by atoms with van der Waals surface area (Å²) >= 11 is 3.14. The maximum absolute atomic E-state index is 11.4. The van der Waals surface area contributed by atoms with Crippen molar-refractivity contribution in [3.05, 3.63) is 38.9 Å². The number of halogens is 1. The molecule has 5 heteroatoms. The summed E-state index contributed by atoms with van der Waals surface area (Å²) in [5.74, 6) is 0.999. The van der Waals surface area contributed by atoms with Crippen molar-refractivity contribution in [2.45, 2.75) is 6.92 Å². The summed E-state index contributed by atoms with van der Waals surface area (Å²) in [7, 11) is 0. The molecule has 0 aromatic carbocycles. The van der Waals surface area contributed by atoms with Crippen molar-refractivity contribution in [3.8, 4) is 11.6 Å². The van der Waals surface area contributed by atoms with E-state index in [0.29, 0.717) is 21.8 Å². The highest BCUT2D eigenvalue weighted by Gasteiger charge is 2.08. The van der Waals surface area contributed by atoms with Gasteiger partial charge in [0.25, 0.3) is 5.56 Å². The van der Waals surface area contributed by atoms with Gasteiger partial charge in [-0.05, 0) is 35.0 Å². The van der Waals surface area contributed by atoms with Crippen LogP contribution in [0, 0.1) is 6.92 Å². The summed E-state index contributed by atoms with van der Waals surface area (Å²) in [5.41, 5.74) is 0.434. The van der Waals surface area contributed by atoms with Crippen molar-refractivity contribution in [2.24, 2.45) is 0 Å². The fourth-order valence-corrected chi connectivity index (χ4v) is 1.29. The number of rotatable bonds is 1. The number of hydrogen-bond acceptors (Lipinski definition) is 3. The minimum absolute atomic E-state index is 0.205. The average Bonchev–Trinajstić information content (AvgIpc) is 2.66. The van der Waals surface area contributed by atoms with Gasteiger partial charge in [0, 0.05) is 0 Å². The van der Waals surface area contributed by atoms with Gasteiger partial charge in [-0.15, -0.1) is 0 Å².